The maximum absolute atomic E-state index is 12.3. The van der Waals surface area contributed by atoms with Crippen molar-refractivity contribution in [3.8, 4) is 0 Å². The maximum atomic E-state index is 12.3. The normalized spacial score (nSPS) is 30.5. The van der Waals surface area contributed by atoms with Crippen molar-refractivity contribution >= 4 is 10.2 Å². The molecule has 3 rings (SSSR count). The van der Waals surface area contributed by atoms with Crippen molar-refractivity contribution in [2.24, 2.45) is 17.3 Å². The number of rotatable bonds is 7. The summed E-state index contributed by atoms with van der Waals surface area (Å²) in [6.07, 6.45) is 5.72. The first kappa shape index (κ1) is 15.7. The highest BCUT2D eigenvalue weighted by molar-refractivity contribution is 7.87. The van der Waals surface area contributed by atoms with E-state index in [0.29, 0.717) is 36.9 Å². The molecule has 3 aliphatic rings. The molecule has 1 heterocycles. The zero-order valence-electron chi connectivity index (χ0n) is 13.3. The van der Waals surface area contributed by atoms with E-state index < -0.39 is 10.2 Å². The van der Waals surface area contributed by atoms with Crippen molar-refractivity contribution in [2.45, 2.75) is 52.0 Å². The van der Waals surface area contributed by atoms with Gasteiger partial charge in [-0.05, 0) is 55.9 Å². The fraction of sp³-hybridized carbons (Fsp3) is 1.00. The summed E-state index contributed by atoms with van der Waals surface area (Å²) in [6.45, 7) is 7.39. The summed E-state index contributed by atoms with van der Waals surface area (Å²) in [7, 11) is -3.27. The van der Waals surface area contributed by atoms with E-state index in [1.165, 1.54) is 12.8 Å². The molecule has 3 fully saturated rings. The van der Waals surface area contributed by atoms with Crippen molar-refractivity contribution < 1.29 is 8.42 Å². The van der Waals surface area contributed by atoms with E-state index in [1.54, 1.807) is 4.31 Å². The Morgan fingerprint density at radius 3 is 2.24 bits per heavy atom. The van der Waals surface area contributed by atoms with Crippen LogP contribution in [0, 0.1) is 17.3 Å². The van der Waals surface area contributed by atoms with Gasteiger partial charge in [-0.3, -0.25) is 0 Å². The Hall–Kier alpha value is -0.170. The van der Waals surface area contributed by atoms with Crippen LogP contribution in [0.15, 0.2) is 0 Å². The lowest BCUT2D eigenvalue weighted by molar-refractivity contribution is 0.264. The fourth-order valence-corrected chi connectivity index (χ4v) is 4.48. The van der Waals surface area contributed by atoms with E-state index in [2.05, 4.69) is 23.9 Å². The molecule has 1 unspecified atom stereocenters. The van der Waals surface area contributed by atoms with E-state index in [-0.39, 0.29) is 0 Å². The highest BCUT2D eigenvalue weighted by atomic mass is 32.2. The minimum absolute atomic E-state index is 0.323. The number of hydrogen-bond donors (Lipinski definition) is 2. The van der Waals surface area contributed by atoms with Crippen LogP contribution < -0.4 is 10.0 Å². The average molecular weight is 315 g/mol. The Kier molecular flexibility index (Phi) is 4.34. The Balaban J connectivity index is 1.39. The first-order valence-electron chi connectivity index (χ1n) is 8.35. The second kappa shape index (κ2) is 5.80. The molecule has 0 aromatic heterocycles. The van der Waals surface area contributed by atoms with E-state index in [0.717, 1.165) is 31.8 Å². The third-order valence-corrected chi connectivity index (χ3v) is 6.99. The van der Waals surface area contributed by atoms with Gasteiger partial charge in [0.05, 0.1) is 0 Å². The molecule has 6 heteroatoms. The molecule has 21 heavy (non-hydrogen) atoms. The van der Waals surface area contributed by atoms with Gasteiger partial charge in [0, 0.05) is 25.7 Å². The Morgan fingerprint density at radius 1 is 1.10 bits per heavy atom. The van der Waals surface area contributed by atoms with Crippen molar-refractivity contribution in [3.63, 3.8) is 0 Å². The first-order valence-corrected chi connectivity index (χ1v) is 9.79. The quantitative estimate of drug-likeness (QED) is 0.745. The van der Waals surface area contributed by atoms with E-state index in [1.807, 2.05) is 0 Å². The van der Waals surface area contributed by atoms with Gasteiger partial charge in [-0.1, -0.05) is 13.8 Å². The van der Waals surface area contributed by atoms with Crippen LogP contribution in [0.5, 0.6) is 0 Å². The second-order valence-corrected chi connectivity index (χ2v) is 9.52. The summed E-state index contributed by atoms with van der Waals surface area (Å²) >= 11 is 0. The van der Waals surface area contributed by atoms with Gasteiger partial charge in [0.1, 0.15) is 0 Å². The molecule has 0 bridgehead atoms. The summed E-state index contributed by atoms with van der Waals surface area (Å²) in [4.78, 5) is 0. The van der Waals surface area contributed by atoms with Gasteiger partial charge in [0.25, 0.3) is 10.2 Å². The molecule has 2 aliphatic carbocycles. The van der Waals surface area contributed by atoms with E-state index in [9.17, 15) is 8.42 Å². The van der Waals surface area contributed by atoms with Crippen LogP contribution in [0.4, 0.5) is 0 Å². The highest BCUT2D eigenvalue weighted by Crippen LogP contribution is 2.51. The zero-order chi connectivity index (χ0) is 15.1. The summed E-state index contributed by atoms with van der Waals surface area (Å²) in [5.41, 5.74) is 0.323. The lowest BCUT2D eigenvalue weighted by Crippen LogP contribution is -2.46. The molecule has 1 aliphatic heterocycles. The molecule has 122 valence electrons. The molecular weight excluding hydrogens is 286 g/mol. The smallest absolute Gasteiger partial charge is 0.279 e. The minimum Gasteiger partial charge on any atom is -0.314 e. The third kappa shape index (κ3) is 4.18. The SMILES string of the molecule is CC1(C)CC1CNS(=O)(=O)N1CCC(CNC2CC2)CC1. The van der Waals surface area contributed by atoms with Crippen LogP contribution >= 0.6 is 0 Å². The first-order chi connectivity index (χ1) is 9.87. The Labute approximate surface area is 129 Å². The van der Waals surface area contributed by atoms with Crippen LogP contribution in [-0.4, -0.2) is 44.9 Å². The third-order valence-electron chi connectivity index (χ3n) is 5.42. The number of hydrogen-bond acceptors (Lipinski definition) is 3. The second-order valence-electron chi connectivity index (χ2n) is 7.77. The predicted molar refractivity (Wildman–Crippen MR) is 84.1 cm³/mol. The Morgan fingerprint density at radius 2 is 1.71 bits per heavy atom. The van der Waals surface area contributed by atoms with Crippen molar-refractivity contribution in [3.05, 3.63) is 0 Å². The van der Waals surface area contributed by atoms with Crippen molar-refractivity contribution in [2.75, 3.05) is 26.2 Å². The van der Waals surface area contributed by atoms with Gasteiger partial charge in [-0.15, -0.1) is 0 Å². The van der Waals surface area contributed by atoms with Gasteiger partial charge in [-0.2, -0.15) is 12.7 Å². The fourth-order valence-electron chi connectivity index (χ4n) is 3.20. The van der Waals surface area contributed by atoms with Gasteiger partial charge >= 0.3 is 0 Å². The van der Waals surface area contributed by atoms with Crippen molar-refractivity contribution in [1.82, 2.24) is 14.3 Å². The molecule has 0 amide bonds. The number of piperidine rings is 1. The molecule has 0 aromatic rings. The zero-order valence-corrected chi connectivity index (χ0v) is 14.1. The summed E-state index contributed by atoms with van der Waals surface area (Å²) < 4.78 is 29.1. The maximum Gasteiger partial charge on any atom is 0.279 e. The minimum atomic E-state index is -3.27. The molecule has 0 aromatic carbocycles. The standard InChI is InChI=1S/C15H29N3O2S/c1-15(2)9-13(15)11-17-21(19,20)18-7-5-12(6-8-18)10-16-14-3-4-14/h12-14,16-17H,3-11H2,1-2H3. The summed E-state index contributed by atoms with van der Waals surface area (Å²) in [5, 5.41) is 3.55. The molecular formula is C15H29N3O2S. The van der Waals surface area contributed by atoms with E-state index in [4.69, 9.17) is 0 Å². The summed E-state index contributed by atoms with van der Waals surface area (Å²) in [6, 6.07) is 0.746. The number of nitrogens with zero attached hydrogens (tertiary/aromatic N) is 1. The van der Waals surface area contributed by atoms with Crippen LogP contribution in [0.2, 0.25) is 0 Å². The molecule has 1 atom stereocenters. The largest absolute Gasteiger partial charge is 0.314 e. The topological polar surface area (TPSA) is 61.4 Å². The van der Waals surface area contributed by atoms with Gasteiger partial charge < -0.3 is 5.32 Å². The average Bonchev–Trinajstić information content (AvgIpc) is 3.33. The summed E-state index contributed by atoms with van der Waals surface area (Å²) in [5.74, 6) is 1.15. The van der Waals surface area contributed by atoms with E-state index >= 15 is 0 Å². The lowest BCUT2D eigenvalue weighted by atomic mass is 9.98. The molecule has 5 nitrogen and oxygen atoms in total. The lowest BCUT2D eigenvalue weighted by Gasteiger charge is -2.31. The monoisotopic (exact) mass is 315 g/mol. The molecule has 1 saturated heterocycles. The van der Waals surface area contributed by atoms with Crippen LogP contribution in [0.25, 0.3) is 0 Å². The van der Waals surface area contributed by atoms with Gasteiger partial charge in [0.2, 0.25) is 0 Å². The van der Waals surface area contributed by atoms with Crippen molar-refractivity contribution in [1.29, 1.82) is 0 Å². The Bertz CT molecular complexity index is 465. The molecule has 2 saturated carbocycles. The molecule has 2 N–H and O–H groups in total. The van der Waals surface area contributed by atoms with Crippen LogP contribution in [-0.2, 0) is 10.2 Å². The molecule has 0 spiro atoms. The highest BCUT2D eigenvalue weighted by Gasteiger charge is 2.45. The van der Waals surface area contributed by atoms with Crippen LogP contribution in [0.1, 0.15) is 46.0 Å². The van der Waals surface area contributed by atoms with Crippen LogP contribution in [0.3, 0.4) is 0 Å². The van der Waals surface area contributed by atoms with Gasteiger partial charge in [0.15, 0.2) is 0 Å². The molecule has 0 radical (unpaired) electrons. The predicted octanol–water partition coefficient (Wildman–Crippen LogP) is 1.33. The number of nitrogens with one attached hydrogen (secondary N) is 2. The van der Waals surface area contributed by atoms with Gasteiger partial charge in [-0.25, -0.2) is 4.72 Å².